The maximum absolute atomic E-state index is 13.1. The van der Waals surface area contributed by atoms with Crippen molar-refractivity contribution < 1.29 is 38.8 Å². The molecule has 0 aromatic heterocycles. The summed E-state index contributed by atoms with van der Waals surface area (Å²) < 4.78 is 16.8. The van der Waals surface area contributed by atoms with Crippen LogP contribution >= 0.6 is 0 Å². The van der Waals surface area contributed by atoms with Crippen LogP contribution in [0.15, 0.2) is 42.5 Å². The monoisotopic (exact) mass is 463 g/mol. The Bertz CT molecular complexity index is 767. The molecule has 2 saturated heterocycles. The van der Waals surface area contributed by atoms with E-state index < -0.39 is 17.4 Å². The number of rotatable bonds is 8. The Kier molecular flexibility index (Phi) is 11.0. The summed E-state index contributed by atoms with van der Waals surface area (Å²) >= 11 is 0. The maximum atomic E-state index is 13.1. The first-order chi connectivity index (χ1) is 15.8. The summed E-state index contributed by atoms with van der Waals surface area (Å²) in [5.74, 6) is -2.61. The van der Waals surface area contributed by atoms with E-state index in [1.54, 1.807) is 0 Å². The molecule has 0 amide bonds. The number of carboxylic acids is 2. The first-order valence-corrected chi connectivity index (χ1v) is 11.1. The lowest BCUT2D eigenvalue weighted by atomic mass is 9.74. The van der Waals surface area contributed by atoms with E-state index >= 15 is 0 Å². The third-order valence-electron chi connectivity index (χ3n) is 5.70. The summed E-state index contributed by atoms with van der Waals surface area (Å²) in [7, 11) is 0. The van der Waals surface area contributed by atoms with Crippen molar-refractivity contribution in [1.29, 1.82) is 0 Å². The van der Waals surface area contributed by atoms with E-state index in [0.717, 1.165) is 44.8 Å². The van der Waals surface area contributed by atoms with Crippen LogP contribution in [0.4, 0.5) is 0 Å². The predicted octanol–water partition coefficient (Wildman–Crippen LogP) is 2.10. The predicted molar refractivity (Wildman–Crippen MR) is 120 cm³/mol. The number of carbonyl (C=O) groups excluding carboxylic acids is 1. The van der Waals surface area contributed by atoms with E-state index in [1.165, 1.54) is 0 Å². The molecule has 3 rings (SSSR count). The first-order valence-electron chi connectivity index (χ1n) is 11.1. The molecule has 2 fully saturated rings. The van der Waals surface area contributed by atoms with Gasteiger partial charge in [-0.15, -0.1) is 0 Å². The molecular weight excluding hydrogens is 430 g/mol. The number of carbonyl (C=O) groups is 3. The van der Waals surface area contributed by atoms with E-state index in [-0.39, 0.29) is 12.1 Å². The van der Waals surface area contributed by atoms with Gasteiger partial charge in [-0.3, -0.25) is 9.69 Å². The number of benzene rings is 1. The van der Waals surface area contributed by atoms with E-state index in [2.05, 4.69) is 4.90 Å². The van der Waals surface area contributed by atoms with Crippen LogP contribution in [0.25, 0.3) is 0 Å². The molecule has 0 saturated carbocycles. The lowest BCUT2D eigenvalue weighted by Gasteiger charge is -2.36. The minimum atomic E-state index is -1.26. The standard InChI is InChI=1S/C20H29NO4.C4H4O4/c1-17(7-10-21-11-15-24-16-12-21)25-19(22)20(8-13-23-14-9-20)18-5-3-2-4-6-18;5-3(6)1-2-4(7)8/h2-6,17H,7-16H2,1H3;1-2H,(H,5,6)(H,7,8). The molecule has 9 nitrogen and oxygen atoms in total. The largest absolute Gasteiger partial charge is 0.478 e. The van der Waals surface area contributed by atoms with Crippen molar-refractivity contribution in [3.63, 3.8) is 0 Å². The number of morpholine rings is 1. The fourth-order valence-electron chi connectivity index (χ4n) is 3.77. The number of hydrogen-bond acceptors (Lipinski definition) is 7. The van der Waals surface area contributed by atoms with Crippen molar-refractivity contribution in [1.82, 2.24) is 4.90 Å². The Morgan fingerprint density at radius 3 is 2.09 bits per heavy atom. The van der Waals surface area contributed by atoms with Gasteiger partial charge in [0.25, 0.3) is 0 Å². The van der Waals surface area contributed by atoms with E-state index in [0.29, 0.717) is 38.2 Å². The van der Waals surface area contributed by atoms with Gasteiger partial charge in [-0.2, -0.15) is 0 Å². The fourth-order valence-corrected chi connectivity index (χ4v) is 3.77. The molecule has 0 aliphatic carbocycles. The van der Waals surface area contributed by atoms with Crippen LogP contribution in [0.3, 0.4) is 0 Å². The molecule has 0 spiro atoms. The van der Waals surface area contributed by atoms with Crippen molar-refractivity contribution in [2.75, 3.05) is 46.1 Å². The topological polar surface area (TPSA) is 123 Å². The van der Waals surface area contributed by atoms with Crippen LogP contribution in [-0.4, -0.2) is 85.2 Å². The van der Waals surface area contributed by atoms with Gasteiger partial charge in [-0.25, -0.2) is 9.59 Å². The highest BCUT2D eigenvalue weighted by Crippen LogP contribution is 2.36. The quantitative estimate of drug-likeness (QED) is 0.441. The van der Waals surface area contributed by atoms with Crippen LogP contribution in [0.1, 0.15) is 31.7 Å². The zero-order valence-electron chi connectivity index (χ0n) is 19.0. The van der Waals surface area contributed by atoms with Crippen LogP contribution in [0.5, 0.6) is 0 Å². The summed E-state index contributed by atoms with van der Waals surface area (Å²) in [5.41, 5.74) is 0.482. The van der Waals surface area contributed by atoms with Gasteiger partial charge in [-0.05, 0) is 31.7 Å². The van der Waals surface area contributed by atoms with Gasteiger partial charge in [-0.1, -0.05) is 30.3 Å². The van der Waals surface area contributed by atoms with Gasteiger partial charge in [0, 0.05) is 45.0 Å². The molecule has 1 atom stereocenters. The molecule has 1 aromatic rings. The summed E-state index contributed by atoms with van der Waals surface area (Å²) in [6, 6.07) is 10.0. The molecule has 2 aliphatic heterocycles. The van der Waals surface area contributed by atoms with Gasteiger partial charge < -0.3 is 24.4 Å². The van der Waals surface area contributed by atoms with Gasteiger partial charge in [0.05, 0.1) is 18.6 Å². The molecule has 33 heavy (non-hydrogen) atoms. The van der Waals surface area contributed by atoms with E-state index in [9.17, 15) is 14.4 Å². The second-order valence-electron chi connectivity index (χ2n) is 8.03. The number of hydrogen-bond donors (Lipinski definition) is 2. The van der Waals surface area contributed by atoms with Crippen molar-refractivity contribution in [2.24, 2.45) is 0 Å². The zero-order chi connectivity index (χ0) is 24.1. The maximum Gasteiger partial charge on any atom is 0.328 e. The third-order valence-corrected chi connectivity index (χ3v) is 5.70. The summed E-state index contributed by atoms with van der Waals surface area (Å²) in [6.07, 6.45) is 3.26. The number of carboxylic acid groups (broad SMARTS) is 2. The highest BCUT2D eigenvalue weighted by Gasteiger charge is 2.43. The molecule has 2 aliphatic rings. The van der Waals surface area contributed by atoms with Crippen molar-refractivity contribution in [3.05, 3.63) is 48.0 Å². The molecule has 2 heterocycles. The van der Waals surface area contributed by atoms with E-state index in [1.807, 2.05) is 37.3 Å². The minimum Gasteiger partial charge on any atom is -0.478 e. The molecule has 2 N–H and O–H groups in total. The number of esters is 1. The lowest BCUT2D eigenvalue weighted by Crippen LogP contribution is -2.44. The molecule has 1 unspecified atom stereocenters. The fraction of sp³-hybridized carbons (Fsp3) is 0.542. The van der Waals surface area contributed by atoms with Crippen LogP contribution in [-0.2, 0) is 34.0 Å². The smallest absolute Gasteiger partial charge is 0.328 e. The average molecular weight is 464 g/mol. The lowest BCUT2D eigenvalue weighted by molar-refractivity contribution is -0.160. The van der Waals surface area contributed by atoms with Gasteiger partial charge in [0.15, 0.2) is 0 Å². The number of ether oxygens (including phenoxy) is 3. The summed E-state index contributed by atoms with van der Waals surface area (Å²) in [4.78, 5) is 34.5. The Morgan fingerprint density at radius 1 is 1.00 bits per heavy atom. The second-order valence-corrected chi connectivity index (χ2v) is 8.03. The number of aliphatic carboxylic acids is 2. The average Bonchev–Trinajstić information content (AvgIpc) is 2.83. The Morgan fingerprint density at radius 2 is 1.55 bits per heavy atom. The minimum absolute atomic E-state index is 0.0845. The van der Waals surface area contributed by atoms with Crippen LogP contribution in [0.2, 0.25) is 0 Å². The van der Waals surface area contributed by atoms with Crippen LogP contribution in [0, 0.1) is 0 Å². The third kappa shape index (κ3) is 8.95. The molecule has 1 aromatic carbocycles. The van der Waals surface area contributed by atoms with Crippen molar-refractivity contribution in [2.45, 2.75) is 37.7 Å². The van der Waals surface area contributed by atoms with Gasteiger partial charge >= 0.3 is 17.9 Å². The Labute approximate surface area is 193 Å². The molecule has 9 heteroatoms. The molecule has 0 bridgehead atoms. The highest BCUT2D eigenvalue weighted by atomic mass is 16.5. The second kappa shape index (κ2) is 13.7. The van der Waals surface area contributed by atoms with Gasteiger partial charge in [0.1, 0.15) is 6.10 Å². The number of nitrogens with zero attached hydrogens (tertiary/aromatic N) is 1. The molecule has 0 radical (unpaired) electrons. The van der Waals surface area contributed by atoms with Crippen molar-refractivity contribution >= 4 is 17.9 Å². The summed E-state index contributed by atoms with van der Waals surface area (Å²) in [5, 5.41) is 15.6. The summed E-state index contributed by atoms with van der Waals surface area (Å²) in [6.45, 7) is 7.67. The van der Waals surface area contributed by atoms with Gasteiger partial charge in [0.2, 0.25) is 0 Å². The first kappa shape index (κ1) is 26.5. The molecule has 182 valence electrons. The normalized spacial score (nSPS) is 19.2. The van der Waals surface area contributed by atoms with Crippen molar-refractivity contribution in [3.8, 4) is 0 Å². The molecular formula is C24H33NO8. The van der Waals surface area contributed by atoms with E-state index in [4.69, 9.17) is 24.4 Å². The SMILES string of the molecule is CC(CCN1CCOCC1)OC(=O)C1(c2ccccc2)CCOCC1.O=C(O)C=CC(=O)O. The Balaban J connectivity index is 0.000000414. The van der Waals surface area contributed by atoms with Crippen LogP contribution < -0.4 is 0 Å². The Hall–Kier alpha value is -2.75. The zero-order valence-corrected chi connectivity index (χ0v) is 19.0. The highest BCUT2D eigenvalue weighted by molar-refractivity contribution is 5.89.